The molecule has 3 rings (SSSR count). The number of amides is 1. The predicted octanol–water partition coefficient (Wildman–Crippen LogP) is 3.86. The molecule has 7 heteroatoms. The van der Waals surface area contributed by atoms with Gasteiger partial charge in [0.2, 0.25) is 0 Å². The number of anilines is 1. The van der Waals surface area contributed by atoms with Crippen LogP contribution in [0.1, 0.15) is 21.5 Å². The Hall–Kier alpha value is -3.19. The van der Waals surface area contributed by atoms with E-state index in [1.807, 2.05) is 6.92 Å². The summed E-state index contributed by atoms with van der Waals surface area (Å²) in [6.45, 7) is 2.14. The quantitative estimate of drug-likeness (QED) is 0.662. The molecule has 28 heavy (non-hydrogen) atoms. The molecule has 0 aliphatic heterocycles. The van der Waals surface area contributed by atoms with Crippen LogP contribution in [0.4, 0.5) is 10.1 Å². The number of carbonyl (C=O) groups excluding carboxylic acids is 1. The molecule has 1 amide bonds. The lowest BCUT2D eigenvalue weighted by molar-refractivity contribution is 0.0951. The van der Waals surface area contributed by atoms with Gasteiger partial charge in [0.15, 0.2) is 0 Å². The minimum Gasteiger partial charge on any atom is -0.348 e. The summed E-state index contributed by atoms with van der Waals surface area (Å²) in [6, 6.07) is 18.5. The molecule has 0 spiro atoms. The van der Waals surface area contributed by atoms with Crippen LogP contribution in [-0.4, -0.2) is 14.3 Å². The van der Waals surface area contributed by atoms with E-state index in [-0.39, 0.29) is 23.2 Å². The van der Waals surface area contributed by atoms with E-state index in [0.717, 1.165) is 11.1 Å². The minimum atomic E-state index is -3.69. The van der Waals surface area contributed by atoms with Crippen LogP contribution >= 0.6 is 0 Å². The van der Waals surface area contributed by atoms with Gasteiger partial charge in [0.25, 0.3) is 15.9 Å². The molecule has 2 N–H and O–H groups in total. The topological polar surface area (TPSA) is 75.3 Å². The Morgan fingerprint density at radius 3 is 2.11 bits per heavy atom. The van der Waals surface area contributed by atoms with E-state index in [4.69, 9.17) is 0 Å². The third kappa shape index (κ3) is 4.95. The second-order valence-corrected chi connectivity index (χ2v) is 7.99. The van der Waals surface area contributed by atoms with Crippen molar-refractivity contribution in [1.29, 1.82) is 0 Å². The molecular formula is C21H19FN2O3S. The fraction of sp³-hybridized carbons (Fsp3) is 0.0952. The van der Waals surface area contributed by atoms with Crippen LogP contribution in [0.3, 0.4) is 0 Å². The number of aryl methyl sites for hydroxylation is 1. The molecule has 0 aromatic heterocycles. The molecule has 0 aliphatic carbocycles. The Bertz CT molecular complexity index is 1060. The van der Waals surface area contributed by atoms with Crippen molar-refractivity contribution >= 4 is 21.6 Å². The normalized spacial score (nSPS) is 11.1. The van der Waals surface area contributed by atoms with Gasteiger partial charge in [-0.05, 0) is 61.0 Å². The van der Waals surface area contributed by atoms with E-state index in [1.165, 1.54) is 48.5 Å². The Labute approximate surface area is 163 Å². The first-order valence-electron chi connectivity index (χ1n) is 8.56. The van der Waals surface area contributed by atoms with Crippen LogP contribution in [-0.2, 0) is 16.6 Å². The van der Waals surface area contributed by atoms with Crippen LogP contribution in [0.25, 0.3) is 0 Å². The summed E-state index contributed by atoms with van der Waals surface area (Å²) in [5, 5.41) is 2.73. The maximum Gasteiger partial charge on any atom is 0.261 e. The molecule has 3 aromatic carbocycles. The number of benzene rings is 3. The second kappa shape index (κ2) is 8.22. The van der Waals surface area contributed by atoms with Gasteiger partial charge in [-0.1, -0.05) is 29.8 Å². The third-order valence-corrected chi connectivity index (χ3v) is 5.49. The summed E-state index contributed by atoms with van der Waals surface area (Å²) in [5.74, 6) is -0.643. The van der Waals surface area contributed by atoms with Gasteiger partial charge in [0.05, 0.1) is 4.90 Å². The molecule has 3 aromatic rings. The van der Waals surface area contributed by atoms with Crippen molar-refractivity contribution in [3.8, 4) is 0 Å². The number of nitrogens with one attached hydrogen (secondary N) is 2. The molecule has 0 radical (unpaired) electrons. The Morgan fingerprint density at radius 2 is 1.50 bits per heavy atom. The minimum absolute atomic E-state index is 0.166. The van der Waals surface area contributed by atoms with E-state index in [9.17, 15) is 17.6 Å². The van der Waals surface area contributed by atoms with Crippen molar-refractivity contribution in [3.63, 3.8) is 0 Å². The highest BCUT2D eigenvalue weighted by molar-refractivity contribution is 7.92. The molecule has 0 saturated heterocycles. The molecule has 5 nitrogen and oxygen atoms in total. The molecule has 0 bridgehead atoms. The maximum atomic E-state index is 12.9. The van der Waals surface area contributed by atoms with Crippen molar-refractivity contribution in [2.24, 2.45) is 0 Å². The monoisotopic (exact) mass is 398 g/mol. The first-order valence-corrected chi connectivity index (χ1v) is 10.0. The van der Waals surface area contributed by atoms with Crippen molar-refractivity contribution in [2.75, 3.05) is 4.72 Å². The third-order valence-electron chi connectivity index (χ3n) is 4.10. The number of halogens is 1. The largest absolute Gasteiger partial charge is 0.348 e. The van der Waals surface area contributed by atoms with Gasteiger partial charge in [-0.15, -0.1) is 0 Å². The zero-order valence-electron chi connectivity index (χ0n) is 15.1. The summed E-state index contributed by atoms with van der Waals surface area (Å²) in [4.78, 5) is 12.4. The smallest absolute Gasteiger partial charge is 0.261 e. The number of rotatable bonds is 6. The molecule has 0 heterocycles. The standard InChI is InChI=1S/C21H19FN2O3S/c1-15-2-12-20(13-3-15)28(26,27)24-19-10-6-17(7-11-19)21(25)23-14-16-4-8-18(22)9-5-16/h2-13,24H,14H2,1H3,(H,23,25). The predicted molar refractivity (Wildman–Crippen MR) is 106 cm³/mol. The van der Waals surface area contributed by atoms with Crippen molar-refractivity contribution in [1.82, 2.24) is 5.32 Å². The maximum absolute atomic E-state index is 12.9. The van der Waals surface area contributed by atoms with E-state index in [1.54, 1.807) is 24.3 Å². The fourth-order valence-electron chi connectivity index (χ4n) is 2.51. The van der Waals surface area contributed by atoms with E-state index >= 15 is 0 Å². The molecule has 144 valence electrons. The number of hydrogen-bond acceptors (Lipinski definition) is 3. The van der Waals surface area contributed by atoms with Gasteiger partial charge in [0, 0.05) is 17.8 Å². The van der Waals surface area contributed by atoms with Crippen molar-refractivity contribution in [3.05, 3.63) is 95.3 Å². The fourth-order valence-corrected chi connectivity index (χ4v) is 3.57. The average Bonchev–Trinajstić information content (AvgIpc) is 2.68. The molecule has 0 atom stereocenters. The lowest BCUT2D eigenvalue weighted by atomic mass is 10.2. The van der Waals surface area contributed by atoms with Crippen molar-refractivity contribution < 1.29 is 17.6 Å². The molecule has 0 saturated carbocycles. The number of sulfonamides is 1. The Kier molecular flexibility index (Phi) is 5.75. The summed E-state index contributed by atoms with van der Waals surface area (Å²) in [6.07, 6.45) is 0. The van der Waals surface area contributed by atoms with E-state index < -0.39 is 10.0 Å². The van der Waals surface area contributed by atoms with Gasteiger partial charge in [0.1, 0.15) is 5.82 Å². The number of hydrogen-bond donors (Lipinski definition) is 2. The van der Waals surface area contributed by atoms with Crippen LogP contribution in [0.5, 0.6) is 0 Å². The Balaban J connectivity index is 1.63. The van der Waals surface area contributed by atoms with Gasteiger partial charge in [-0.25, -0.2) is 12.8 Å². The molecule has 0 aliphatic rings. The highest BCUT2D eigenvalue weighted by Crippen LogP contribution is 2.17. The summed E-state index contributed by atoms with van der Waals surface area (Å²) in [5.41, 5.74) is 2.49. The first kappa shape index (κ1) is 19.6. The summed E-state index contributed by atoms with van der Waals surface area (Å²) in [7, 11) is -3.69. The lowest BCUT2D eigenvalue weighted by Gasteiger charge is -2.10. The van der Waals surface area contributed by atoms with E-state index in [2.05, 4.69) is 10.0 Å². The van der Waals surface area contributed by atoms with E-state index in [0.29, 0.717) is 11.3 Å². The van der Waals surface area contributed by atoms with Crippen LogP contribution in [0, 0.1) is 12.7 Å². The van der Waals surface area contributed by atoms with Gasteiger partial charge in [-0.2, -0.15) is 0 Å². The zero-order chi connectivity index (χ0) is 20.1. The summed E-state index contributed by atoms with van der Waals surface area (Å²) < 4.78 is 40.2. The second-order valence-electron chi connectivity index (χ2n) is 6.31. The van der Waals surface area contributed by atoms with Gasteiger partial charge < -0.3 is 5.32 Å². The Morgan fingerprint density at radius 1 is 0.893 bits per heavy atom. The highest BCUT2D eigenvalue weighted by atomic mass is 32.2. The summed E-state index contributed by atoms with van der Waals surface area (Å²) >= 11 is 0. The zero-order valence-corrected chi connectivity index (χ0v) is 16.0. The van der Waals surface area contributed by atoms with Crippen molar-refractivity contribution in [2.45, 2.75) is 18.4 Å². The molecule has 0 fully saturated rings. The first-order chi connectivity index (χ1) is 13.3. The number of carbonyl (C=O) groups is 1. The van der Waals surface area contributed by atoms with Gasteiger partial charge >= 0.3 is 0 Å². The highest BCUT2D eigenvalue weighted by Gasteiger charge is 2.14. The lowest BCUT2D eigenvalue weighted by Crippen LogP contribution is -2.22. The average molecular weight is 398 g/mol. The van der Waals surface area contributed by atoms with Crippen LogP contribution in [0.15, 0.2) is 77.7 Å². The van der Waals surface area contributed by atoms with Crippen LogP contribution in [0.2, 0.25) is 0 Å². The van der Waals surface area contributed by atoms with Gasteiger partial charge in [-0.3, -0.25) is 9.52 Å². The SMILES string of the molecule is Cc1ccc(S(=O)(=O)Nc2ccc(C(=O)NCc3ccc(F)cc3)cc2)cc1. The molecular weight excluding hydrogens is 379 g/mol. The molecule has 0 unspecified atom stereocenters. The van der Waals surface area contributed by atoms with Crippen LogP contribution < -0.4 is 10.0 Å².